The summed E-state index contributed by atoms with van der Waals surface area (Å²) in [6.07, 6.45) is 0.529. The lowest BCUT2D eigenvalue weighted by molar-refractivity contribution is -0.148. The van der Waals surface area contributed by atoms with Gasteiger partial charge in [-0.3, -0.25) is 0 Å². The highest BCUT2D eigenvalue weighted by atomic mass is 35.5. The molecule has 23 heavy (non-hydrogen) atoms. The van der Waals surface area contributed by atoms with Gasteiger partial charge in [0.25, 0.3) is 0 Å². The number of ether oxygens (including phenoxy) is 1. The third-order valence-electron chi connectivity index (χ3n) is 4.06. The van der Waals surface area contributed by atoms with Crippen molar-refractivity contribution < 1.29 is 9.53 Å². The van der Waals surface area contributed by atoms with E-state index in [1.54, 1.807) is 6.07 Å². The molecule has 0 radical (unpaired) electrons. The molecule has 2 heterocycles. The highest BCUT2D eigenvalue weighted by Crippen LogP contribution is 2.38. The minimum absolute atomic E-state index is 0.270. The molecule has 1 aromatic carbocycles. The van der Waals surface area contributed by atoms with E-state index in [1.165, 1.54) is 0 Å². The van der Waals surface area contributed by atoms with Crippen molar-refractivity contribution in [1.29, 1.82) is 0 Å². The van der Waals surface area contributed by atoms with Crippen LogP contribution in [0.2, 0.25) is 5.02 Å². The molecule has 1 saturated heterocycles. The molecule has 2 unspecified atom stereocenters. The number of nitrogens with one attached hydrogen (secondary N) is 1. The number of aromatic nitrogens is 1. The van der Waals surface area contributed by atoms with Crippen molar-refractivity contribution in [2.24, 2.45) is 0 Å². The Morgan fingerprint density at radius 1 is 1.30 bits per heavy atom. The molecular formula is C18H19ClN2O2. The maximum atomic E-state index is 12.3. The predicted molar refractivity (Wildman–Crippen MR) is 90.6 cm³/mol. The number of hydrogen-bond acceptors (Lipinski definition) is 4. The third-order valence-corrected chi connectivity index (χ3v) is 4.29. The first kappa shape index (κ1) is 15.8. The lowest BCUT2D eigenvalue weighted by Crippen LogP contribution is -2.25. The van der Waals surface area contributed by atoms with Gasteiger partial charge in [-0.15, -0.1) is 0 Å². The van der Waals surface area contributed by atoms with E-state index in [0.717, 1.165) is 16.8 Å². The number of halogens is 1. The number of esters is 1. The largest absolute Gasteiger partial charge is 0.453 e. The summed E-state index contributed by atoms with van der Waals surface area (Å²) < 4.78 is 5.65. The number of carbonyl (C=O) groups excluding carboxylic acids is 1. The molecule has 1 aliphatic rings. The molecule has 1 fully saturated rings. The van der Waals surface area contributed by atoms with Gasteiger partial charge in [0.1, 0.15) is 17.5 Å². The lowest BCUT2D eigenvalue weighted by Gasteiger charge is -2.23. The average Bonchev–Trinajstić information content (AvgIpc) is 2.73. The van der Waals surface area contributed by atoms with Gasteiger partial charge in [-0.25, -0.2) is 9.78 Å². The molecule has 2 aromatic rings. The van der Waals surface area contributed by atoms with E-state index >= 15 is 0 Å². The van der Waals surface area contributed by atoms with Crippen LogP contribution < -0.4 is 5.32 Å². The number of nitrogens with zero attached hydrogens (tertiary/aromatic N) is 1. The Balaban J connectivity index is 1.82. The lowest BCUT2D eigenvalue weighted by atomic mass is 9.91. The number of pyridine rings is 1. The summed E-state index contributed by atoms with van der Waals surface area (Å²) >= 11 is 6.06. The minimum atomic E-state index is -0.682. The molecule has 1 aromatic heterocycles. The second-order valence-electron chi connectivity index (χ2n) is 6.23. The molecule has 0 amide bonds. The van der Waals surface area contributed by atoms with E-state index in [0.29, 0.717) is 17.3 Å². The monoisotopic (exact) mass is 330 g/mol. The average molecular weight is 331 g/mol. The second kappa shape index (κ2) is 5.85. The van der Waals surface area contributed by atoms with Crippen molar-refractivity contribution in [2.75, 3.05) is 5.32 Å². The second-order valence-corrected chi connectivity index (χ2v) is 6.67. The molecule has 0 saturated carbocycles. The van der Waals surface area contributed by atoms with Crippen molar-refractivity contribution in [3.8, 4) is 0 Å². The summed E-state index contributed by atoms with van der Waals surface area (Å²) in [5.74, 6) is 0.424. The van der Waals surface area contributed by atoms with Crippen LogP contribution in [-0.2, 0) is 15.1 Å². The molecule has 5 heteroatoms. The molecule has 120 valence electrons. The molecular weight excluding hydrogens is 312 g/mol. The van der Waals surface area contributed by atoms with Crippen LogP contribution in [0.15, 0.2) is 36.4 Å². The topological polar surface area (TPSA) is 51.2 Å². The van der Waals surface area contributed by atoms with Crippen LogP contribution in [0.25, 0.3) is 0 Å². The maximum absolute atomic E-state index is 12.3. The van der Waals surface area contributed by atoms with Gasteiger partial charge < -0.3 is 10.1 Å². The fourth-order valence-corrected chi connectivity index (χ4v) is 3.20. The van der Waals surface area contributed by atoms with Gasteiger partial charge in [-0.05, 0) is 56.2 Å². The van der Waals surface area contributed by atoms with E-state index in [-0.39, 0.29) is 5.97 Å². The zero-order valence-electron chi connectivity index (χ0n) is 13.4. The first-order valence-corrected chi connectivity index (χ1v) is 7.94. The van der Waals surface area contributed by atoms with E-state index < -0.39 is 11.6 Å². The number of hydrogen-bond donors (Lipinski definition) is 1. The van der Waals surface area contributed by atoms with Crippen molar-refractivity contribution in [2.45, 2.75) is 38.8 Å². The van der Waals surface area contributed by atoms with Crippen LogP contribution in [0.5, 0.6) is 0 Å². The summed E-state index contributed by atoms with van der Waals surface area (Å²) in [4.78, 5) is 16.7. The molecule has 0 spiro atoms. The molecule has 1 aliphatic heterocycles. The summed E-state index contributed by atoms with van der Waals surface area (Å²) in [6, 6.07) is 10.9. The maximum Gasteiger partial charge on any atom is 0.329 e. The van der Waals surface area contributed by atoms with Gasteiger partial charge in [0.15, 0.2) is 0 Å². The van der Waals surface area contributed by atoms with E-state index in [2.05, 4.69) is 10.3 Å². The van der Waals surface area contributed by atoms with Crippen LogP contribution >= 0.6 is 11.6 Å². The molecule has 2 atom stereocenters. The molecule has 4 nitrogen and oxygen atoms in total. The summed E-state index contributed by atoms with van der Waals surface area (Å²) in [7, 11) is 0. The van der Waals surface area contributed by atoms with Crippen molar-refractivity contribution in [3.63, 3.8) is 0 Å². The minimum Gasteiger partial charge on any atom is -0.453 e. The quantitative estimate of drug-likeness (QED) is 0.864. The van der Waals surface area contributed by atoms with Gasteiger partial charge >= 0.3 is 5.97 Å². The van der Waals surface area contributed by atoms with Crippen LogP contribution in [-0.4, -0.2) is 17.0 Å². The van der Waals surface area contributed by atoms with Crippen LogP contribution in [0.4, 0.5) is 5.82 Å². The van der Waals surface area contributed by atoms with E-state index in [1.807, 2.05) is 51.1 Å². The number of carbonyl (C=O) groups is 1. The van der Waals surface area contributed by atoms with Crippen molar-refractivity contribution in [3.05, 3.63) is 58.2 Å². The standard InChI is InChI=1S/C18H19ClN2O2/c1-11-7-12(2)20-16(8-11)21-15-10-18(3,23-17(15)22)13-5-4-6-14(19)9-13/h4-9,15H,10H2,1-3H3,(H,20,21). The van der Waals surface area contributed by atoms with Gasteiger partial charge in [-0.1, -0.05) is 23.7 Å². The zero-order chi connectivity index (χ0) is 16.6. The predicted octanol–water partition coefficient (Wildman–Crippen LogP) is 3.99. The van der Waals surface area contributed by atoms with Crippen LogP contribution in [0.3, 0.4) is 0 Å². The number of rotatable bonds is 3. The third kappa shape index (κ3) is 3.32. The van der Waals surface area contributed by atoms with Gasteiger partial charge in [0.05, 0.1) is 0 Å². The first-order valence-electron chi connectivity index (χ1n) is 7.56. The summed E-state index contributed by atoms with van der Waals surface area (Å²) in [5.41, 5.74) is 2.23. The number of cyclic esters (lactones) is 1. The highest BCUT2D eigenvalue weighted by Gasteiger charge is 2.44. The molecule has 0 bridgehead atoms. The van der Waals surface area contributed by atoms with Gasteiger partial charge in [0, 0.05) is 17.1 Å². The van der Waals surface area contributed by atoms with Crippen LogP contribution in [0.1, 0.15) is 30.2 Å². The van der Waals surface area contributed by atoms with Gasteiger partial charge in [0.2, 0.25) is 0 Å². The fraction of sp³-hybridized carbons (Fsp3) is 0.333. The number of benzene rings is 1. The van der Waals surface area contributed by atoms with Gasteiger partial charge in [-0.2, -0.15) is 0 Å². The Morgan fingerprint density at radius 3 is 2.78 bits per heavy atom. The molecule has 0 aliphatic carbocycles. The van der Waals surface area contributed by atoms with E-state index in [9.17, 15) is 4.79 Å². The van der Waals surface area contributed by atoms with Crippen molar-refractivity contribution in [1.82, 2.24) is 4.98 Å². The fourth-order valence-electron chi connectivity index (χ4n) is 3.01. The zero-order valence-corrected chi connectivity index (χ0v) is 14.1. The Kier molecular flexibility index (Phi) is 4.02. The highest BCUT2D eigenvalue weighted by molar-refractivity contribution is 6.30. The number of anilines is 1. The molecule has 1 N–H and O–H groups in total. The summed E-state index contributed by atoms with van der Waals surface area (Å²) in [5, 5.41) is 3.82. The Bertz CT molecular complexity index is 742. The SMILES string of the molecule is Cc1cc(C)nc(NC2CC(C)(c3cccc(Cl)c3)OC2=O)c1. The van der Waals surface area contributed by atoms with Crippen molar-refractivity contribution >= 4 is 23.4 Å². The smallest absolute Gasteiger partial charge is 0.329 e. The van der Waals surface area contributed by atoms with Crippen LogP contribution in [0, 0.1) is 13.8 Å². The number of aryl methyl sites for hydroxylation is 2. The first-order chi connectivity index (χ1) is 10.9. The van der Waals surface area contributed by atoms with E-state index in [4.69, 9.17) is 16.3 Å². The Hall–Kier alpha value is -2.07. The Labute approximate surface area is 140 Å². The Morgan fingerprint density at radius 2 is 2.09 bits per heavy atom. The normalized spacial score (nSPS) is 23.7. The molecule has 3 rings (SSSR count). The summed E-state index contributed by atoms with van der Waals surface area (Å²) in [6.45, 7) is 5.84.